The summed E-state index contributed by atoms with van der Waals surface area (Å²) in [5.41, 5.74) is 0.998. The lowest BCUT2D eigenvalue weighted by molar-refractivity contribution is -0.150. The number of rotatable bonds is 5. The molecule has 42 heavy (non-hydrogen) atoms. The van der Waals surface area contributed by atoms with Crippen molar-refractivity contribution in [3.63, 3.8) is 0 Å². The number of amides is 1. The molecule has 0 aromatic carbocycles. The predicted octanol–water partition coefficient (Wildman–Crippen LogP) is 8.10. The van der Waals surface area contributed by atoms with Crippen molar-refractivity contribution in [3.05, 3.63) is 21.8 Å². The number of carbonyl (C=O) groups excluding carboxylic acids is 2. The van der Waals surface area contributed by atoms with E-state index in [2.05, 4.69) is 81.3 Å². The molecule has 2 fully saturated rings. The highest BCUT2D eigenvalue weighted by atomic mass is 127. The van der Waals surface area contributed by atoms with E-state index in [1.165, 1.54) is 32.4 Å². The van der Waals surface area contributed by atoms with Crippen molar-refractivity contribution in [1.29, 1.82) is 0 Å². The molecule has 0 saturated carbocycles. The van der Waals surface area contributed by atoms with Crippen molar-refractivity contribution in [2.45, 2.75) is 135 Å². The van der Waals surface area contributed by atoms with Gasteiger partial charge in [-0.3, -0.25) is 4.79 Å². The van der Waals surface area contributed by atoms with Gasteiger partial charge in [-0.1, -0.05) is 69.7 Å². The van der Waals surface area contributed by atoms with E-state index in [4.69, 9.17) is 13.9 Å². The zero-order valence-corrected chi connectivity index (χ0v) is 30.7. The summed E-state index contributed by atoms with van der Waals surface area (Å²) in [6.07, 6.45) is 10.6. The van der Waals surface area contributed by atoms with Crippen LogP contribution in [0.2, 0.25) is 18.1 Å². The fourth-order valence-electron chi connectivity index (χ4n) is 6.08. The summed E-state index contributed by atoms with van der Waals surface area (Å²) in [7, 11) is -2.11. The van der Waals surface area contributed by atoms with Gasteiger partial charge in [0, 0.05) is 25.0 Å². The van der Waals surface area contributed by atoms with E-state index in [0.717, 1.165) is 37.9 Å². The van der Waals surface area contributed by atoms with Gasteiger partial charge in [0.2, 0.25) is 0 Å². The fraction of sp³-hybridized carbons (Fsp3) is 0.818. The molecule has 1 amide bonds. The molecule has 3 heterocycles. The summed E-state index contributed by atoms with van der Waals surface area (Å²) >= 11 is 2.21. The molecule has 7 nitrogen and oxygen atoms in total. The third-order valence-corrected chi connectivity index (χ3v) is 15.5. The van der Waals surface area contributed by atoms with Crippen molar-refractivity contribution < 1.29 is 23.5 Å². The number of hydrogen-bond acceptors (Lipinski definition) is 6. The van der Waals surface area contributed by atoms with Crippen LogP contribution in [-0.4, -0.2) is 80.7 Å². The number of esters is 1. The Balaban J connectivity index is 1.75. The van der Waals surface area contributed by atoms with E-state index in [-0.39, 0.29) is 53.7 Å². The van der Waals surface area contributed by atoms with Gasteiger partial charge in [0.1, 0.15) is 12.2 Å². The second kappa shape index (κ2) is 15.9. The van der Waals surface area contributed by atoms with Crippen LogP contribution in [0.25, 0.3) is 0 Å². The van der Waals surface area contributed by atoms with Crippen LogP contribution < -0.4 is 0 Å². The molecular formula is C33H57IN2O5Si. The van der Waals surface area contributed by atoms with Crippen LogP contribution >= 0.6 is 22.6 Å². The number of cyclic esters (lactones) is 1. The minimum Gasteiger partial charge on any atom is -0.457 e. The average molecular weight is 717 g/mol. The Hall–Kier alpha value is -0.913. The minimum atomic E-state index is -2.11. The van der Waals surface area contributed by atoms with Gasteiger partial charge in [0.15, 0.2) is 8.32 Å². The van der Waals surface area contributed by atoms with Crippen LogP contribution in [0.5, 0.6) is 0 Å². The molecular weight excluding hydrogens is 659 g/mol. The zero-order chi connectivity index (χ0) is 31.1. The maximum absolute atomic E-state index is 13.4. The van der Waals surface area contributed by atoms with Crippen molar-refractivity contribution in [2.75, 3.05) is 26.2 Å². The highest BCUT2D eigenvalue weighted by molar-refractivity contribution is 14.1. The topological polar surface area (TPSA) is 68.3 Å². The SMILES string of the molecule is C/C(=C\I)[C@H]1OC(=O)C[C@H](O[Si](C)(C)C(C)(C)C)CC[C@H](C)[C@@H](OC(=O)N2CCC(N3CCCCC3)CC2)/C=C/[C@@H]1C. The molecule has 3 aliphatic rings. The van der Waals surface area contributed by atoms with E-state index in [0.29, 0.717) is 12.5 Å². The van der Waals surface area contributed by atoms with E-state index in [9.17, 15) is 9.59 Å². The first kappa shape index (κ1) is 35.6. The maximum Gasteiger partial charge on any atom is 0.410 e. The zero-order valence-electron chi connectivity index (χ0n) is 27.5. The van der Waals surface area contributed by atoms with E-state index >= 15 is 0 Å². The Morgan fingerprint density at radius 1 is 1.02 bits per heavy atom. The lowest BCUT2D eigenvalue weighted by Gasteiger charge is -2.40. The molecule has 240 valence electrons. The standard InChI is InChI=1S/C33H57IN2O5Si/c1-24-12-14-28(41-42(7,8)33(4,5)6)22-30(37)40-31(26(3)23-34)25(2)13-15-29(24)39-32(38)36-20-16-27(17-21-36)35-18-10-9-11-19-35/h13,15,23-25,27-29,31H,9-12,14,16-22H2,1-8H3/b15-13+,26-23+/t24-,25-,28+,29-,31-/m0/s1. The Labute approximate surface area is 270 Å². The normalized spacial score (nSPS) is 31.1. The monoisotopic (exact) mass is 716 g/mol. The Morgan fingerprint density at radius 3 is 2.26 bits per heavy atom. The number of hydrogen-bond donors (Lipinski definition) is 0. The molecule has 3 aliphatic heterocycles. The first-order chi connectivity index (χ1) is 19.7. The molecule has 0 N–H and O–H groups in total. The van der Waals surface area contributed by atoms with Crippen LogP contribution in [0, 0.1) is 11.8 Å². The Bertz CT molecular complexity index is 951. The summed E-state index contributed by atoms with van der Waals surface area (Å²) in [5.74, 6) is -0.192. The summed E-state index contributed by atoms with van der Waals surface area (Å²) < 4.78 is 21.1. The molecule has 0 spiro atoms. The number of halogens is 1. The number of piperidine rings is 2. The summed E-state index contributed by atoms with van der Waals surface area (Å²) in [6.45, 7) is 21.2. The molecule has 0 radical (unpaired) electrons. The Kier molecular flexibility index (Phi) is 13.5. The Morgan fingerprint density at radius 2 is 1.67 bits per heavy atom. The van der Waals surface area contributed by atoms with E-state index in [1.54, 1.807) is 0 Å². The van der Waals surface area contributed by atoms with Crippen LogP contribution in [0.1, 0.15) is 92.9 Å². The quantitative estimate of drug-likeness (QED) is 0.124. The highest BCUT2D eigenvalue weighted by Gasteiger charge is 2.40. The van der Waals surface area contributed by atoms with Gasteiger partial charge in [-0.15, -0.1) is 0 Å². The number of carbonyl (C=O) groups is 2. The average Bonchev–Trinajstić information content (AvgIpc) is 2.95. The summed E-state index contributed by atoms with van der Waals surface area (Å²) in [4.78, 5) is 31.2. The smallest absolute Gasteiger partial charge is 0.410 e. The fourth-order valence-corrected chi connectivity index (χ4v) is 7.82. The lowest BCUT2D eigenvalue weighted by atomic mass is 9.92. The van der Waals surface area contributed by atoms with Gasteiger partial charge in [-0.25, -0.2) is 4.79 Å². The van der Waals surface area contributed by atoms with Gasteiger partial charge in [0.25, 0.3) is 0 Å². The number of nitrogens with zero attached hydrogens (tertiary/aromatic N) is 2. The largest absolute Gasteiger partial charge is 0.457 e. The summed E-state index contributed by atoms with van der Waals surface area (Å²) in [5, 5.41) is 0.0338. The van der Waals surface area contributed by atoms with Crippen LogP contribution in [0.15, 0.2) is 21.8 Å². The van der Waals surface area contributed by atoms with E-state index in [1.807, 2.05) is 22.0 Å². The minimum absolute atomic E-state index is 0.0338. The van der Waals surface area contributed by atoms with Crippen LogP contribution in [0.4, 0.5) is 4.79 Å². The van der Waals surface area contributed by atoms with Crippen molar-refractivity contribution >= 4 is 43.0 Å². The molecule has 5 atom stereocenters. The van der Waals surface area contributed by atoms with Crippen molar-refractivity contribution in [3.8, 4) is 0 Å². The number of likely N-dealkylation sites (tertiary alicyclic amines) is 2. The number of ether oxygens (including phenoxy) is 2. The van der Waals surface area contributed by atoms with E-state index < -0.39 is 8.32 Å². The first-order valence-corrected chi connectivity index (χ1v) is 20.4. The molecule has 0 bridgehead atoms. The highest BCUT2D eigenvalue weighted by Crippen LogP contribution is 2.39. The first-order valence-electron chi connectivity index (χ1n) is 16.2. The molecule has 2 saturated heterocycles. The second-order valence-electron chi connectivity index (χ2n) is 14.4. The summed E-state index contributed by atoms with van der Waals surface area (Å²) in [6, 6.07) is 0.585. The lowest BCUT2D eigenvalue weighted by Crippen LogP contribution is -2.48. The van der Waals surface area contributed by atoms with Gasteiger partial charge >= 0.3 is 12.1 Å². The molecule has 0 aliphatic carbocycles. The van der Waals surface area contributed by atoms with Gasteiger partial charge in [0.05, 0.1) is 12.5 Å². The second-order valence-corrected chi connectivity index (χ2v) is 19.8. The molecule has 3 rings (SSSR count). The predicted molar refractivity (Wildman–Crippen MR) is 181 cm³/mol. The molecule has 0 unspecified atom stereocenters. The van der Waals surface area contributed by atoms with Gasteiger partial charge < -0.3 is 23.7 Å². The molecule has 0 aromatic heterocycles. The molecule has 9 heteroatoms. The van der Waals surface area contributed by atoms with Crippen LogP contribution in [0.3, 0.4) is 0 Å². The molecule has 0 aromatic rings. The van der Waals surface area contributed by atoms with Gasteiger partial charge in [-0.2, -0.15) is 0 Å². The third-order valence-electron chi connectivity index (χ3n) is 9.99. The van der Waals surface area contributed by atoms with Crippen molar-refractivity contribution in [1.82, 2.24) is 9.80 Å². The van der Waals surface area contributed by atoms with Crippen LogP contribution in [-0.2, 0) is 18.7 Å². The third kappa shape index (κ3) is 10.1. The maximum atomic E-state index is 13.4. The van der Waals surface area contributed by atoms with Gasteiger partial charge in [-0.05, 0) is 98.3 Å². The van der Waals surface area contributed by atoms with Crippen molar-refractivity contribution in [2.24, 2.45) is 11.8 Å².